The lowest BCUT2D eigenvalue weighted by molar-refractivity contribution is 0.0950. The SMILES string of the molecule is CCCn1c(=O)c(C(=O)N/N=C/c2ccncc2)c(O)c2ccccc21. The number of rotatable bonds is 5. The third kappa shape index (κ3) is 3.32. The Morgan fingerprint density at radius 2 is 2.00 bits per heavy atom. The first-order chi connectivity index (χ1) is 12.6. The summed E-state index contributed by atoms with van der Waals surface area (Å²) in [5.41, 5.74) is 2.78. The molecule has 1 amide bonds. The zero-order valence-electron chi connectivity index (χ0n) is 14.2. The van der Waals surface area contributed by atoms with Crippen LogP contribution >= 0.6 is 0 Å². The summed E-state index contributed by atoms with van der Waals surface area (Å²) in [5.74, 6) is -1.09. The summed E-state index contributed by atoms with van der Waals surface area (Å²) in [6.07, 6.45) is 5.35. The normalized spacial score (nSPS) is 11.1. The Labute approximate surface area is 149 Å². The Balaban J connectivity index is 2.00. The highest BCUT2D eigenvalue weighted by atomic mass is 16.3. The summed E-state index contributed by atoms with van der Waals surface area (Å²) in [6, 6.07) is 10.4. The van der Waals surface area contributed by atoms with Crippen molar-refractivity contribution in [3.63, 3.8) is 0 Å². The van der Waals surface area contributed by atoms with Crippen LogP contribution in [0.4, 0.5) is 0 Å². The Kier molecular flexibility index (Phi) is 5.07. The van der Waals surface area contributed by atoms with Gasteiger partial charge in [0.05, 0.1) is 11.7 Å². The molecule has 0 aliphatic heterocycles. The summed E-state index contributed by atoms with van der Waals surface area (Å²) in [6.45, 7) is 2.38. The van der Waals surface area contributed by atoms with Gasteiger partial charge in [0, 0.05) is 24.3 Å². The van der Waals surface area contributed by atoms with Gasteiger partial charge in [0.2, 0.25) is 0 Å². The number of benzene rings is 1. The molecule has 1 aromatic carbocycles. The molecule has 2 heterocycles. The number of hydrogen-bond donors (Lipinski definition) is 2. The van der Waals surface area contributed by atoms with Crippen LogP contribution in [-0.2, 0) is 6.54 Å². The molecule has 0 radical (unpaired) electrons. The average molecular weight is 350 g/mol. The summed E-state index contributed by atoms with van der Waals surface area (Å²) < 4.78 is 1.50. The van der Waals surface area contributed by atoms with Crippen molar-refractivity contribution in [3.8, 4) is 5.75 Å². The van der Waals surface area contributed by atoms with Gasteiger partial charge in [-0.2, -0.15) is 5.10 Å². The number of aromatic hydroxyl groups is 1. The van der Waals surface area contributed by atoms with Crippen LogP contribution in [-0.4, -0.2) is 26.8 Å². The number of fused-ring (bicyclic) bond motifs is 1. The van der Waals surface area contributed by atoms with Crippen molar-refractivity contribution in [2.75, 3.05) is 0 Å². The van der Waals surface area contributed by atoms with E-state index < -0.39 is 11.5 Å². The quantitative estimate of drug-likeness (QED) is 0.545. The summed E-state index contributed by atoms with van der Waals surface area (Å²) >= 11 is 0. The second-order valence-electron chi connectivity index (χ2n) is 5.68. The minimum atomic E-state index is -0.756. The van der Waals surface area contributed by atoms with Crippen LogP contribution in [0.25, 0.3) is 10.9 Å². The van der Waals surface area contributed by atoms with Gasteiger partial charge in [-0.3, -0.25) is 14.6 Å². The molecular formula is C19H18N4O3. The van der Waals surface area contributed by atoms with Crippen LogP contribution in [0.2, 0.25) is 0 Å². The lowest BCUT2D eigenvalue weighted by Crippen LogP contribution is -2.31. The second kappa shape index (κ2) is 7.60. The van der Waals surface area contributed by atoms with Gasteiger partial charge in [-0.05, 0) is 36.2 Å². The lowest BCUT2D eigenvalue weighted by Gasteiger charge is -2.13. The lowest BCUT2D eigenvalue weighted by atomic mass is 10.1. The van der Waals surface area contributed by atoms with Gasteiger partial charge in [-0.25, -0.2) is 5.43 Å². The van der Waals surface area contributed by atoms with Crippen LogP contribution in [0.5, 0.6) is 5.75 Å². The number of nitrogens with one attached hydrogen (secondary N) is 1. The minimum absolute atomic E-state index is 0.316. The zero-order valence-corrected chi connectivity index (χ0v) is 14.2. The highest BCUT2D eigenvalue weighted by Gasteiger charge is 2.21. The second-order valence-corrected chi connectivity index (χ2v) is 5.68. The smallest absolute Gasteiger partial charge is 0.280 e. The van der Waals surface area contributed by atoms with Gasteiger partial charge in [0.15, 0.2) is 0 Å². The van der Waals surface area contributed by atoms with Crippen LogP contribution in [0, 0.1) is 0 Å². The molecule has 7 nitrogen and oxygen atoms in total. The average Bonchev–Trinajstić information content (AvgIpc) is 2.66. The number of hydrogen-bond acceptors (Lipinski definition) is 5. The third-order valence-electron chi connectivity index (χ3n) is 3.91. The first-order valence-electron chi connectivity index (χ1n) is 8.21. The molecule has 26 heavy (non-hydrogen) atoms. The molecule has 3 rings (SSSR count). The number of amides is 1. The van der Waals surface area contributed by atoms with Gasteiger partial charge < -0.3 is 9.67 Å². The third-order valence-corrected chi connectivity index (χ3v) is 3.91. The molecule has 132 valence electrons. The molecule has 3 aromatic rings. The van der Waals surface area contributed by atoms with Gasteiger partial charge in [0.1, 0.15) is 11.3 Å². The predicted octanol–water partition coefficient (Wildman–Crippen LogP) is 2.28. The molecule has 0 atom stereocenters. The predicted molar refractivity (Wildman–Crippen MR) is 99.5 cm³/mol. The number of para-hydroxylation sites is 1. The standard InChI is InChI=1S/C19H18N4O3/c1-2-11-23-15-6-4-3-5-14(15)17(24)16(19(23)26)18(25)22-21-12-13-7-9-20-10-8-13/h3-10,12,24H,2,11H2,1H3,(H,22,25)/b21-12+. The van der Waals surface area contributed by atoms with Crippen molar-refractivity contribution in [1.29, 1.82) is 0 Å². The van der Waals surface area contributed by atoms with E-state index in [1.165, 1.54) is 10.8 Å². The van der Waals surface area contributed by atoms with Crippen molar-refractivity contribution in [1.82, 2.24) is 15.0 Å². The van der Waals surface area contributed by atoms with E-state index in [1.807, 2.05) is 6.92 Å². The number of aryl methyl sites for hydroxylation is 1. The minimum Gasteiger partial charge on any atom is -0.506 e. The summed E-state index contributed by atoms with van der Waals surface area (Å²) in [5, 5.41) is 14.8. The van der Waals surface area contributed by atoms with Gasteiger partial charge in [-0.15, -0.1) is 0 Å². The maximum atomic E-state index is 12.8. The van der Waals surface area contributed by atoms with E-state index in [4.69, 9.17) is 0 Å². The molecule has 0 saturated carbocycles. The van der Waals surface area contributed by atoms with Crippen molar-refractivity contribution >= 4 is 23.0 Å². The molecule has 0 unspecified atom stereocenters. The fourth-order valence-corrected chi connectivity index (χ4v) is 2.71. The molecule has 2 aromatic heterocycles. The number of hydrazone groups is 1. The van der Waals surface area contributed by atoms with Gasteiger partial charge >= 0.3 is 0 Å². The van der Waals surface area contributed by atoms with E-state index in [0.717, 1.165) is 12.0 Å². The fourth-order valence-electron chi connectivity index (χ4n) is 2.71. The van der Waals surface area contributed by atoms with E-state index >= 15 is 0 Å². The van der Waals surface area contributed by atoms with Gasteiger partial charge in [0.25, 0.3) is 11.5 Å². The van der Waals surface area contributed by atoms with Gasteiger partial charge in [-0.1, -0.05) is 19.1 Å². The molecule has 0 aliphatic rings. The number of carbonyl (C=O) groups is 1. The fraction of sp³-hybridized carbons (Fsp3) is 0.158. The number of pyridine rings is 2. The van der Waals surface area contributed by atoms with Crippen LogP contribution < -0.4 is 11.0 Å². The van der Waals surface area contributed by atoms with E-state index in [-0.39, 0.29) is 11.3 Å². The van der Waals surface area contributed by atoms with Crippen molar-refractivity contribution in [2.45, 2.75) is 19.9 Å². The monoisotopic (exact) mass is 350 g/mol. The molecule has 0 fully saturated rings. The van der Waals surface area contributed by atoms with E-state index in [0.29, 0.717) is 17.4 Å². The molecule has 0 spiro atoms. The van der Waals surface area contributed by atoms with Crippen molar-refractivity contribution < 1.29 is 9.90 Å². The number of nitrogens with zero attached hydrogens (tertiary/aromatic N) is 3. The van der Waals surface area contributed by atoms with E-state index in [2.05, 4.69) is 15.5 Å². The topological polar surface area (TPSA) is 96.6 Å². The van der Waals surface area contributed by atoms with Crippen molar-refractivity contribution in [3.05, 3.63) is 70.3 Å². The number of aromatic nitrogens is 2. The molecule has 0 aliphatic carbocycles. The maximum Gasteiger partial charge on any atom is 0.280 e. The molecule has 0 saturated heterocycles. The zero-order chi connectivity index (χ0) is 18.5. The largest absolute Gasteiger partial charge is 0.506 e. The van der Waals surface area contributed by atoms with E-state index in [9.17, 15) is 14.7 Å². The Bertz CT molecular complexity index is 1030. The summed E-state index contributed by atoms with van der Waals surface area (Å²) in [7, 11) is 0. The Morgan fingerprint density at radius 1 is 1.27 bits per heavy atom. The van der Waals surface area contributed by atoms with E-state index in [1.54, 1.807) is 48.8 Å². The van der Waals surface area contributed by atoms with Crippen LogP contribution in [0.15, 0.2) is 58.7 Å². The summed E-state index contributed by atoms with van der Waals surface area (Å²) in [4.78, 5) is 29.1. The first kappa shape index (κ1) is 17.3. The Hall–Kier alpha value is -3.48. The highest BCUT2D eigenvalue weighted by molar-refractivity contribution is 6.02. The highest BCUT2D eigenvalue weighted by Crippen LogP contribution is 2.26. The molecular weight excluding hydrogens is 332 g/mol. The Morgan fingerprint density at radius 3 is 2.73 bits per heavy atom. The van der Waals surface area contributed by atoms with Crippen molar-refractivity contribution in [2.24, 2.45) is 5.10 Å². The molecule has 2 N–H and O–H groups in total. The number of carbonyl (C=O) groups excluding carboxylic acids is 1. The molecule has 7 heteroatoms. The first-order valence-corrected chi connectivity index (χ1v) is 8.21. The van der Waals surface area contributed by atoms with Crippen LogP contribution in [0.1, 0.15) is 29.3 Å². The van der Waals surface area contributed by atoms with Crippen LogP contribution in [0.3, 0.4) is 0 Å². The molecule has 0 bridgehead atoms. The maximum absolute atomic E-state index is 12.8.